The number of hydrogen-bond acceptors (Lipinski definition) is 3. The van der Waals surface area contributed by atoms with Crippen molar-refractivity contribution in [2.24, 2.45) is 0 Å². The van der Waals surface area contributed by atoms with E-state index in [1.807, 2.05) is 19.9 Å². The molecule has 108 valence electrons. The van der Waals surface area contributed by atoms with Crippen LogP contribution in [0.3, 0.4) is 0 Å². The molecule has 5 heteroatoms. The molecule has 1 aromatic carbocycles. The Morgan fingerprint density at radius 2 is 1.90 bits per heavy atom. The zero-order valence-electron chi connectivity index (χ0n) is 11.8. The minimum Gasteiger partial charge on any atom is -0.467 e. The van der Waals surface area contributed by atoms with Crippen LogP contribution in [0.25, 0.3) is 0 Å². The molecule has 0 radical (unpaired) electrons. The van der Waals surface area contributed by atoms with Crippen molar-refractivity contribution in [2.75, 3.05) is 7.11 Å². The standard InChI is InChI=1S/C15H18FNO3/c1-10(2)4-9-13(15(19)20-3)17-14(18)11-5-7-12(16)8-6-11/h4-8,13H,9H2,1-3H3,(H,17,18)/t13-/m1/s1. The van der Waals surface area contributed by atoms with Crippen molar-refractivity contribution in [1.82, 2.24) is 5.32 Å². The molecule has 0 aromatic heterocycles. The molecule has 1 aromatic rings. The van der Waals surface area contributed by atoms with Gasteiger partial charge in [0, 0.05) is 5.56 Å². The van der Waals surface area contributed by atoms with Gasteiger partial charge in [-0.25, -0.2) is 9.18 Å². The molecule has 0 fully saturated rings. The number of halogens is 1. The number of rotatable bonds is 5. The van der Waals surface area contributed by atoms with Gasteiger partial charge in [0.15, 0.2) is 0 Å². The van der Waals surface area contributed by atoms with Gasteiger partial charge in [0.1, 0.15) is 11.9 Å². The second-order valence-electron chi connectivity index (χ2n) is 4.57. The van der Waals surface area contributed by atoms with E-state index in [4.69, 9.17) is 0 Å². The maximum absolute atomic E-state index is 12.8. The fourth-order valence-electron chi connectivity index (χ4n) is 1.55. The van der Waals surface area contributed by atoms with Crippen molar-refractivity contribution in [2.45, 2.75) is 26.3 Å². The summed E-state index contributed by atoms with van der Waals surface area (Å²) in [5.74, 6) is -1.38. The van der Waals surface area contributed by atoms with Gasteiger partial charge in [-0.05, 0) is 44.5 Å². The zero-order chi connectivity index (χ0) is 15.1. The molecule has 20 heavy (non-hydrogen) atoms. The van der Waals surface area contributed by atoms with Gasteiger partial charge in [-0.15, -0.1) is 0 Å². The molecule has 0 aliphatic carbocycles. The van der Waals surface area contributed by atoms with Gasteiger partial charge in [-0.3, -0.25) is 4.79 Å². The topological polar surface area (TPSA) is 55.4 Å². The van der Waals surface area contributed by atoms with Gasteiger partial charge in [-0.2, -0.15) is 0 Å². The summed E-state index contributed by atoms with van der Waals surface area (Å²) in [6, 6.07) is 4.35. The Morgan fingerprint density at radius 3 is 2.40 bits per heavy atom. The van der Waals surface area contributed by atoms with Crippen LogP contribution in [0.4, 0.5) is 4.39 Å². The van der Waals surface area contributed by atoms with Crippen molar-refractivity contribution < 1.29 is 18.7 Å². The van der Waals surface area contributed by atoms with Gasteiger partial charge in [-0.1, -0.05) is 11.6 Å². The summed E-state index contributed by atoms with van der Waals surface area (Å²) >= 11 is 0. The molecule has 4 nitrogen and oxygen atoms in total. The van der Waals surface area contributed by atoms with E-state index < -0.39 is 23.7 Å². The smallest absolute Gasteiger partial charge is 0.328 e. The average molecular weight is 279 g/mol. The number of carbonyl (C=O) groups excluding carboxylic acids is 2. The Labute approximate surface area is 117 Å². The number of esters is 1. The van der Waals surface area contributed by atoms with Crippen LogP contribution in [0, 0.1) is 5.82 Å². The Hall–Kier alpha value is -2.17. The summed E-state index contributed by atoms with van der Waals surface area (Å²) in [4.78, 5) is 23.6. The SMILES string of the molecule is COC(=O)[C@@H](CC=C(C)C)NC(=O)c1ccc(F)cc1. The van der Waals surface area contributed by atoms with Crippen LogP contribution in [0.15, 0.2) is 35.9 Å². The Balaban J connectivity index is 2.78. The van der Waals surface area contributed by atoms with Crippen molar-refractivity contribution >= 4 is 11.9 Å². The molecule has 0 spiro atoms. The quantitative estimate of drug-likeness (QED) is 0.665. The predicted octanol–water partition coefficient (Wildman–Crippen LogP) is 2.45. The van der Waals surface area contributed by atoms with Crippen molar-refractivity contribution in [3.8, 4) is 0 Å². The van der Waals surface area contributed by atoms with E-state index in [-0.39, 0.29) is 5.56 Å². The van der Waals surface area contributed by atoms with E-state index in [2.05, 4.69) is 10.1 Å². The van der Waals surface area contributed by atoms with E-state index in [9.17, 15) is 14.0 Å². The maximum atomic E-state index is 12.8. The molecule has 0 saturated carbocycles. The maximum Gasteiger partial charge on any atom is 0.328 e. The molecule has 1 amide bonds. The molecule has 0 saturated heterocycles. The number of amides is 1. The summed E-state index contributed by atoms with van der Waals surface area (Å²) < 4.78 is 17.4. The van der Waals surface area contributed by atoms with E-state index >= 15 is 0 Å². The largest absolute Gasteiger partial charge is 0.467 e. The molecular weight excluding hydrogens is 261 g/mol. The lowest BCUT2D eigenvalue weighted by Gasteiger charge is -2.15. The van der Waals surface area contributed by atoms with Crippen LogP contribution in [0.5, 0.6) is 0 Å². The number of allylic oxidation sites excluding steroid dienone is 1. The number of methoxy groups -OCH3 is 1. The number of ether oxygens (including phenoxy) is 1. The van der Waals surface area contributed by atoms with Gasteiger partial charge in [0.05, 0.1) is 7.11 Å². The van der Waals surface area contributed by atoms with E-state index in [1.165, 1.54) is 31.4 Å². The Morgan fingerprint density at radius 1 is 1.30 bits per heavy atom. The van der Waals surface area contributed by atoms with Crippen molar-refractivity contribution in [3.05, 3.63) is 47.3 Å². The molecule has 1 N–H and O–H groups in total. The monoisotopic (exact) mass is 279 g/mol. The Kier molecular flexibility index (Phi) is 5.90. The fraction of sp³-hybridized carbons (Fsp3) is 0.333. The lowest BCUT2D eigenvalue weighted by molar-refractivity contribution is -0.142. The lowest BCUT2D eigenvalue weighted by Crippen LogP contribution is -2.41. The third kappa shape index (κ3) is 4.84. The first-order valence-electron chi connectivity index (χ1n) is 6.21. The molecule has 0 bridgehead atoms. The molecule has 1 rings (SSSR count). The summed E-state index contributed by atoms with van der Waals surface area (Å²) in [5.41, 5.74) is 1.33. The first-order chi connectivity index (χ1) is 9.43. The molecule has 0 aliphatic rings. The summed E-state index contributed by atoms with van der Waals surface area (Å²) in [6.45, 7) is 3.80. The normalized spacial score (nSPS) is 11.4. The molecule has 0 unspecified atom stereocenters. The summed E-state index contributed by atoms with van der Waals surface area (Å²) in [6.07, 6.45) is 2.19. The highest BCUT2D eigenvalue weighted by Gasteiger charge is 2.20. The van der Waals surface area contributed by atoms with Gasteiger partial charge in [0.25, 0.3) is 5.91 Å². The minimum atomic E-state index is -0.757. The van der Waals surface area contributed by atoms with Crippen LogP contribution in [0.2, 0.25) is 0 Å². The number of benzene rings is 1. The number of carbonyl (C=O) groups is 2. The van der Waals surface area contributed by atoms with E-state index in [0.29, 0.717) is 6.42 Å². The van der Waals surface area contributed by atoms with Crippen LogP contribution >= 0.6 is 0 Å². The predicted molar refractivity (Wildman–Crippen MR) is 73.7 cm³/mol. The van der Waals surface area contributed by atoms with Crippen LogP contribution in [0.1, 0.15) is 30.6 Å². The number of nitrogens with one attached hydrogen (secondary N) is 1. The third-order valence-electron chi connectivity index (χ3n) is 2.66. The summed E-state index contributed by atoms with van der Waals surface area (Å²) in [7, 11) is 1.27. The molecular formula is C15H18FNO3. The van der Waals surface area contributed by atoms with Crippen molar-refractivity contribution in [3.63, 3.8) is 0 Å². The zero-order valence-corrected chi connectivity index (χ0v) is 11.8. The van der Waals surface area contributed by atoms with E-state index in [1.54, 1.807) is 0 Å². The number of hydrogen-bond donors (Lipinski definition) is 1. The minimum absolute atomic E-state index is 0.289. The molecule has 0 aliphatic heterocycles. The second kappa shape index (κ2) is 7.43. The van der Waals surface area contributed by atoms with Crippen LogP contribution in [-0.4, -0.2) is 25.0 Å². The average Bonchev–Trinajstić information content (AvgIpc) is 2.42. The van der Waals surface area contributed by atoms with Crippen LogP contribution < -0.4 is 5.32 Å². The van der Waals surface area contributed by atoms with Crippen molar-refractivity contribution in [1.29, 1.82) is 0 Å². The van der Waals surface area contributed by atoms with E-state index in [0.717, 1.165) is 5.57 Å². The lowest BCUT2D eigenvalue weighted by atomic mass is 10.1. The highest BCUT2D eigenvalue weighted by atomic mass is 19.1. The van der Waals surface area contributed by atoms with Gasteiger partial charge in [0.2, 0.25) is 0 Å². The highest BCUT2D eigenvalue weighted by Crippen LogP contribution is 2.06. The van der Waals surface area contributed by atoms with Gasteiger partial charge < -0.3 is 10.1 Å². The first kappa shape index (κ1) is 15.9. The third-order valence-corrected chi connectivity index (χ3v) is 2.66. The fourth-order valence-corrected chi connectivity index (χ4v) is 1.55. The Bertz CT molecular complexity index is 504. The van der Waals surface area contributed by atoms with Gasteiger partial charge >= 0.3 is 5.97 Å². The molecule has 0 heterocycles. The summed E-state index contributed by atoms with van der Waals surface area (Å²) in [5, 5.41) is 2.58. The second-order valence-corrected chi connectivity index (χ2v) is 4.57. The highest BCUT2D eigenvalue weighted by molar-refractivity contribution is 5.96. The first-order valence-corrected chi connectivity index (χ1v) is 6.21. The molecule has 1 atom stereocenters. The van der Waals surface area contributed by atoms with Crippen LogP contribution in [-0.2, 0) is 9.53 Å².